The van der Waals surface area contributed by atoms with E-state index in [0.717, 1.165) is 18.7 Å². The fourth-order valence-corrected chi connectivity index (χ4v) is 0.460. The molecule has 0 aromatic carbocycles. The standard InChI is InChI=1S/C5H10Cl.2BrH.Zn/c1-2-3-4-5-6;;;/h1-5H2;2*1H;/q;;;+2/p-2. The first-order valence-corrected chi connectivity index (χ1v) is 17.2. The van der Waals surface area contributed by atoms with Gasteiger partial charge in [0.05, 0.1) is 0 Å². The molecule has 0 unspecified atom stereocenters. The molecule has 0 spiro atoms. The zero-order valence-corrected chi connectivity index (χ0v) is 12.3. The Morgan fingerprint density at radius 1 is 1.33 bits per heavy atom. The molecule has 0 aromatic heterocycles. The Hall–Kier alpha value is 1.87. The van der Waals surface area contributed by atoms with Gasteiger partial charge in [0.1, 0.15) is 0 Å². The van der Waals surface area contributed by atoms with Crippen LogP contribution in [0.15, 0.2) is 0 Å². The third kappa shape index (κ3) is 25.8. The molecule has 0 aliphatic heterocycles. The van der Waals surface area contributed by atoms with Gasteiger partial charge in [0.25, 0.3) is 0 Å². The summed E-state index contributed by atoms with van der Waals surface area (Å²) in [7, 11) is 0. The number of alkyl halides is 1. The molecule has 0 N–H and O–H groups in total. The summed E-state index contributed by atoms with van der Waals surface area (Å²) in [5.41, 5.74) is 0. The van der Waals surface area contributed by atoms with Crippen LogP contribution in [0.2, 0.25) is 0 Å². The molecule has 0 fully saturated rings. The monoisotopic (exact) mass is 327 g/mol. The van der Waals surface area contributed by atoms with Gasteiger partial charge in [0.2, 0.25) is 0 Å². The van der Waals surface area contributed by atoms with Crippen LogP contribution in [0, 0.1) is 6.92 Å². The van der Waals surface area contributed by atoms with Crippen molar-refractivity contribution in [2.75, 3.05) is 5.88 Å². The minimum absolute atomic E-state index is 0.250. The average Bonchev–Trinajstić information content (AvgIpc) is 1.86. The fraction of sp³-hybridized carbons (Fsp3) is 0.800. The SMILES string of the molecule is [Br][Zn][Br].[CH2]CCCCCl. The van der Waals surface area contributed by atoms with Crippen molar-refractivity contribution in [3.05, 3.63) is 6.92 Å². The molecule has 1 radical (unpaired) electrons. The van der Waals surface area contributed by atoms with E-state index in [9.17, 15) is 0 Å². The molecule has 0 aliphatic carbocycles. The zero-order valence-electron chi connectivity index (χ0n) is 5.38. The Morgan fingerprint density at radius 2 is 1.78 bits per heavy atom. The zero-order chi connectivity index (χ0) is 7.54. The molecule has 0 saturated heterocycles. The summed E-state index contributed by atoms with van der Waals surface area (Å²) in [6, 6.07) is 0. The number of rotatable bonds is 3. The molecule has 9 heavy (non-hydrogen) atoms. The van der Waals surface area contributed by atoms with Crippen LogP contribution < -0.4 is 0 Å². The second-order valence-electron chi connectivity index (χ2n) is 1.35. The van der Waals surface area contributed by atoms with E-state index < -0.39 is 0 Å². The summed E-state index contributed by atoms with van der Waals surface area (Å²) < 4.78 is 0. The van der Waals surface area contributed by atoms with Crippen molar-refractivity contribution in [1.29, 1.82) is 0 Å². The molecule has 0 rings (SSSR count). The quantitative estimate of drug-likeness (QED) is 0.418. The van der Waals surface area contributed by atoms with E-state index >= 15 is 0 Å². The minimum atomic E-state index is -0.250. The van der Waals surface area contributed by atoms with Crippen molar-refractivity contribution in [2.45, 2.75) is 19.3 Å². The molecular weight excluding hydrogens is 321 g/mol. The van der Waals surface area contributed by atoms with Crippen LogP contribution in [0.4, 0.5) is 0 Å². The molecule has 0 atom stereocenters. The van der Waals surface area contributed by atoms with Gasteiger partial charge in [-0.15, -0.1) is 11.6 Å². The predicted octanol–water partition coefficient (Wildman–Crippen LogP) is 3.92. The van der Waals surface area contributed by atoms with E-state index in [2.05, 4.69) is 34.2 Å². The second-order valence-corrected chi connectivity index (χ2v) is 15.8. The molecule has 0 nitrogen and oxygen atoms in total. The van der Waals surface area contributed by atoms with Gasteiger partial charge >= 0.3 is 40.5 Å². The Bertz CT molecular complexity index is 34.1. The van der Waals surface area contributed by atoms with Gasteiger partial charge in [0, 0.05) is 5.88 Å². The topological polar surface area (TPSA) is 0 Å². The minimum Gasteiger partial charge on any atom is -0.127 e. The van der Waals surface area contributed by atoms with Crippen molar-refractivity contribution >= 4 is 38.8 Å². The first-order valence-electron chi connectivity index (χ1n) is 2.80. The van der Waals surface area contributed by atoms with Crippen molar-refractivity contribution in [2.24, 2.45) is 0 Å². The summed E-state index contributed by atoms with van der Waals surface area (Å²) in [5, 5.41) is 0. The van der Waals surface area contributed by atoms with Gasteiger partial charge in [-0.05, 0) is 6.42 Å². The van der Waals surface area contributed by atoms with Crippen molar-refractivity contribution in [3.8, 4) is 0 Å². The first kappa shape index (κ1) is 13.5. The smallest absolute Gasteiger partial charge is 0.0223 e. The third-order valence-electron chi connectivity index (χ3n) is 0.634. The van der Waals surface area contributed by atoms with E-state index in [0.29, 0.717) is 0 Å². The molecule has 53 valence electrons. The molecule has 0 saturated carbocycles. The molecule has 0 aromatic rings. The van der Waals surface area contributed by atoms with E-state index in [-0.39, 0.29) is 13.2 Å². The average molecular weight is 331 g/mol. The van der Waals surface area contributed by atoms with Crippen LogP contribution in [0.25, 0.3) is 0 Å². The summed E-state index contributed by atoms with van der Waals surface area (Å²) in [4.78, 5) is 0. The number of hydrogen-bond donors (Lipinski definition) is 0. The van der Waals surface area contributed by atoms with Gasteiger partial charge in [-0.3, -0.25) is 0 Å². The van der Waals surface area contributed by atoms with Gasteiger partial charge in [-0.2, -0.15) is 0 Å². The largest absolute Gasteiger partial charge is 0.127 e. The predicted molar refractivity (Wildman–Crippen MR) is 47.8 cm³/mol. The maximum Gasteiger partial charge on any atom is 0.0223 e. The normalized spacial score (nSPS) is 7.11. The summed E-state index contributed by atoms with van der Waals surface area (Å²) in [6.45, 7) is 3.66. The van der Waals surface area contributed by atoms with Crippen molar-refractivity contribution in [3.63, 3.8) is 0 Å². The van der Waals surface area contributed by atoms with Gasteiger partial charge in [-0.1, -0.05) is 19.8 Å². The molecule has 4 heteroatoms. The second kappa shape index (κ2) is 16.5. The van der Waals surface area contributed by atoms with Gasteiger partial charge in [-0.25, -0.2) is 0 Å². The Morgan fingerprint density at radius 3 is 1.89 bits per heavy atom. The maximum atomic E-state index is 5.35. The summed E-state index contributed by atoms with van der Waals surface area (Å²) >= 11 is 11.6. The number of halogens is 3. The molecule has 0 amide bonds. The van der Waals surface area contributed by atoms with Gasteiger partial charge in [0.15, 0.2) is 0 Å². The molecular formula is C5H10Br2ClZn. The summed E-state index contributed by atoms with van der Waals surface area (Å²) in [5.74, 6) is 0.787. The van der Waals surface area contributed by atoms with Crippen LogP contribution in [0.1, 0.15) is 19.3 Å². The van der Waals surface area contributed by atoms with E-state index in [1.54, 1.807) is 0 Å². The first-order chi connectivity index (χ1) is 4.33. The van der Waals surface area contributed by atoms with Crippen LogP contribution in [0.5, 0.6) is 0 Å². The Labute approximate surface area is 83.4 Å². The van der Waals surface area contributed by atoms with E-state index in [1.165, 1.54) is 6.42 Å². The van der Waals surface area contributed by atoms with E-state index in [4.69, 9.17) is 11.6 Å². The maximum absolute atomic E-state index is 5.35. The Balaban J connectivity index is 0. The van der Waals surface area contributed by atoms with Gasteiger partial charge < -0.3 is 0 Å². The fourth-order valence-electron chi connectivity index (χ4n) is 0.271. The summed E-state index contributed by atoms with van der Waals surface area (Å²) in [6.07, 6.45) is 3.31. The number of hydrogen-bond acceptors (Lipinski definition) is 0. The van der Waals surface area contributed by atoms with Crippen molar-refractivity contribution < 1.29 is 13.2 Å². The van der Waals surface area contributed by atoms with Crippen LogP contribution in [-0.4, -0.2) is 5.88 Å². The third-order valence-corrected chi connectivity index (χ3v) is 0.901. The molecule has 0 bridgehead atoms. The van der Waals surface area contributed by atoms with E-state index in [1.807, 2.05) is 0 Å². The molecule has 0 aliphatic rings. The number of unbranched alkanes of at least 4 members (excludes halogenated alkanes) is 2. The van der Waals surface area contributed by atoms with Crippen LogP contribution in [-0.2, 0) is 13.2 Å². The van der Waals surface area contributed by atoms with Crippen LogP contribution >= 0.6 is 38.8 Å². The Kier molecular flexibility index (Phi) is 24.6. The molecule has 0 heterocycles. The van der Waals surface area contributed by atoms with Crippen molar-refractivity contribution in [1.82, 2.24) is 0 Å². The van der Waals surface area contributed by atoms with Crippen LogP contribution in [0.3, 0.4) is 0 Å².